The molecule has 0 aromatic carbocycles. The zero-order valence-electron chi connectivity index (χ0n) is 10.9. The molecule has 4 rings (SSSR count). The third kappa shape index (κ3) is 1.89. The molecule has 3 nitrogen and oxygen atoms in total. The molecular formula is C16H18N2O. The maximum Gasteiger partial charge on any atom is 0.153 e. The fourth-order valence-electron chi connectivity index (χ4n) is 3.52. The number of nitrogens with zero attached hydrogens (tertiary/aromatic N) is 1. The van der Waals surface area contributed by atoms with Crippen LogP contribution in [-0.2, 0) is 0 Å². The van der Waals surface area contributed by atoms with E-state index in [0.29, 0.717) is 5.92 Å². The second kappa shape index (κ2) is 4.49. The molecule has 1 saturated heterocycles. The first-order valence-corrected chi connectivity index (χ1v) is 7.17. The number of pyridine rings is 1. The largest absolute Gasteiger partial charge is 0.455 e. The molecule has 98 valence electrons. The number of furan rings is 1. The molecule has 2 atom stereocenters. The normalized spacial score (nSPS) is 27.1. The molecule has 2 aliphatic rings. The molecule has 2 aromatic rings. The third-order valence-corrected chi connectivity index (χ3v) is 4.50. The van der Waals surface area contributed by atoms with Crippen molar-refractivity contribution in [2.75, 3.05) is 13.1 Å². The number of hydrogen-bond acceptors (Lipinski definition) is 3. The van der Waals surface area contributed by atoms with E-state index in [1.165, 1.54) is 24.8 Å². The monoisotopic (exact) mass is 254 g/mol. The highest BCUT2D eigenvalue weighted by Gasteiger charge is 2.32. The van der Waals surface area contributed by atoms with Crippen molar-refractivity contribution in [3.8, 4) is 0 Å². The summed E-state index contributed by atoms with van der Waals surface area (Å²) in [7, 11) is 0. The molecule has 0 saturated carbocycles. The summed E-state index contributed by atoms with van der Waals surface area (Å²) in [4.78, 5) is 4.36. The van der Waals surface area contributed by atoms with Crippen LogP contribution < -0.4 is 5.32 Å². The number of aromatic nitrogens is 1. The van der Waals surface area contributed by atoms with Gasteiger partial charge in [0, 0.05) is 24.7 Å². The van der Waals surface area contributed by atoms with Crippen LogP contribution in [0.5, 0.6) is 0 Å². The minimum Gasteiger partial charge on any atom is -0.455 e. The van der Waals surface area contributed by atoms with Gasteiger partial charge in [0.1, 0.15) is 11.3 Å². The van der Waals surface area contributed by atoms with Gasteiger partial charge in [0.15, 0.2) is 5.58 Å². The average Bonchev–Trinajstić information content (AvgIpc) is 2.90. The zero-order chi connectivity index (χ0) is 12.7. The van der Waals surface area contributed by atoms with Crippen molar-refractivity contribution in [2.24, 2.45) is 11.8 Å². The second-order valence-electron chi connectivity index (χ2n) is 5.59. The van der Waals surface area contributed by atoms with Gasteiger partial charge in [0.25, 0.3) is 0 Å². The molecule has 3 heterocycles. The number of hydrogen-bond donors (Lipinski definition) is 1. The Labute approximate surface area is 112 Å². The molecule has 1 fully saturated rings. The van der Waals surface area contributed by atoms with E-state index in [2.05, 4.69) is 22.4 Å². The van der Waals surface area contributed by atoms with Gasteiger partial charge in [0.2, 0.25) is 0 Å². The maximum absolute atomic E-state index is 6.00. The van der Waals surface area contributed by atoms with Crippen LogP contribution in [0.3, 0.4) is 0 Å². The van der Waals surface area contributed by atoms with E-state index in [9.17, 15) is 0 Å². The second-order valence-corrected chi connectivity index (χ2v) is 5.59. The van der Waals surface area contributed by atoms with E-state index < -0.39 is 0 Å². The van der Waals surface area contributed by atoms with E-state index in [4.69, 9.17) is 4.42 Å². The summed E-state index contributed by atoms with van der Waals surface area (Å²) in [6.07, 6.45) is 7.99. The van der Waals surface area contributed by atoms with Gasteiger partial charge in [-0.3, -0.25) is 4.98 Å². The summed E-state index contributed by atoms with van der Waals surface area (Å²) < 4.78 is 6.00. The van der Waals surface area contributed by atoms with Gasteiger partial charge >= 0.3 is 0 Å². The summed E-state index contributed by atoms with van der Waals surface area (Å²) in [6.45, 7) is 2.25. The number of rotatable bonds is 1. The minimum absolute atomic E-state index is 0.614. The van der Waals surface area contributed by atoms with Crippen molar-refractivity contribution >= 4 is 16.7 Å². The fraction of sp³-hybridized carbons (Fsp3) is 0.438. The number of piperidine rings is 1. The highest BCUT2D eigenvalue weighted by Crippen LogP contribution is 2.40. The molecule has 0 amide bonds. The average molecular weight is 254 g/mol. The molecule has 0 bridgehead atoms. The molecule has 3 heteroatoms. The summed E-state index contributed by atoms with van der Waals surface area (Å²) in [5.74, 6) is 2.46. The summed E-state index contributed by atoms with van der Waals surface area (Å²) in [5, 5.41) is 3.52. The maximum atomic E-state index is 6.00. The lowest BCUT2D eigenvalue weighted by Gasteiger charge is -2.36. The van der Waals surface area contributed by atoms with Gasteiger partial charge in [-0.15, -0.1) is 0 Å². The Morgan fingerprint density at radius 2 is 2.32 bits per heavy atom. The van der Waals surface area contributed by atoms with Crippen LogP contribution in [0.1, 0.15) is 25.0 Å². The zero-order valence-corrected chi connectivity index (χ0v) is 10.9. The van der Waals surface area contributed by atoms with Crippen molar-refractivity contribution in [1.29, 1.82) is 0 Å². The molecule has 19 heavy (non-hydrogen) atoms. The Morgan fingerprint density at radius 1 is 1.32 bits per heavy atom. The van der Waals surface area contributed by atoms with E-state index >= 15 is 0 Å². The molecule has 2 aromatic heterocycles. The standard InChI is InChI=1S/C16H18N2O/c1-3-11-6-8-17-10-13(11)12(4-1)16-9-14-15(19-16)5-2-7-18-14/h2,4-5,7,9,11,13,17H,1,3,6,8,10H2. The predicted octanol–water partition coefficient (Wildman–Crippen LogP) is 3.23. The van der Waals surface area contributed by atoms with E-state index in [0.717, 1.165) is 35.9 Å². The Balaban J connectivity index is 1.75. The van der Waals surface area contributed by atoms with E-state index in [-0.39, 0.29) is 0 Å². The van der Waals surface area contributed by atoms with Gasteiger partial charge < -0.3 is 9.73 Å². The first-order chi connectivity index (χ1) is 9.42. The fourth-order valence-corrected chi connectivity index (χ4v) is 3.52. The predicted molar refractivity (Wildman–Crippen MR) is 75.7 cm³/mol. The molecular weight excluding hydrogens is 236 g/mol. The van der Waals surface area contributed by atoms with Crippen molar-refractivity contribution in [3.63, 3.8) is 0 Å². The Morgan fingerprint density at radius 3 is 3.26 bits per heavy atom. The molecule has 2 unspecified atom stereocenters. The lowest BCUT2D eigenvalue weighted by molar-refractivity contribution is 0.282. The van der Waals surface area contributed by atoms with Gasteiger partial charge in [-0.1, -0.05) is 6.08 Å². The summed E-state index contributed by atoms with van der Waals surface area (Å²) >= 11 is 0. The van der Waals surface area contributed by atoms with Crippen molar-refractivity contribution < 1.29 is 4.42 Å². The molecule has 1 aliphatic carbocycles. The van der Waals surface area contributed by atoms with Gasteiger partial charge in [0.05, 0.1) is 0 Å². The van der Waals surface area contributed by atoms with E-state index in [1.807, 2.05) is 18.3 Å². The molecule has 1 N–H and O–H groups in total. The highest BCUT2D eigenvalue weighted by molar-refractivity contribution is 5.79. The van der Waals surface area contributed by atoms with Crippen LogP contribution >= 0.6 is 0 Å². The minimum atomic E-state index is 0.614. The Kier molecular flexibility index (Phi) is 2.66. The van der Waals surface area contributed by atoms with Crippen LogP contribution in [0.15, 0.2) is 34.9 Å². The smallest absolute Gasteiger partial charge is 0.153 e. The van der Waals surface area contributed by atoms with Crippen LogP contribution in [-0.4, -0.2) is 18.1 Å². The lowest BCUT2D eigenvalue weighted by atomic mass is 9.74. The molecule has 0 radical (unpaired) electrons. The number of nitrogens with one attached hydrogen (secondary N) is 1. The number of allylic oxidation sites excluding steroid dienone is 1. The number of fused-ring (bicyclic) bond motifs is 2. The van der Waals surface area contributed by atoms with Crippen LogP contribution in [0.25, 0.3) is 16.7 Å². The first-order valence-electron chi connectivity index (χ1n) is 7.17. The Hall–Kier alpha value is -1.61. The first kappa shape index (κ1) is 11.2. The summed E-state index contributed by atoms with van der Waals surface area (Å²) in [5.41, 5.74) is 3.25. The third-order valence-electron chi connectivity index (χ3n) is 4.50. The van der Waals surface area contributed by atoms with Crippen molar-refractivity contribution in [2.45, 2.75) is 19.3 Å². The van der Waals surface area contributed by atoms with Crippen LogP contribution in [0.2, 0.25) is 0 Å². The van der Waals surface area contributed by atoms with Crippen LogP contribution in [0.4, 0.5) is 0 Å². The van der Waals surface area contributed by atoms with E-state index in [1.54, 1.807) is 0 Å². The van der Waals surface area contributed by atoms with Gasteiger partial charge in [-0.2, -0.15) is 0 Å². The summed E-state index contributed by atoms with van der Waals surface area (Å²) in [6, 6.07) is 6.01. The molecule has 0 spiro atoms. The highest BCUT2D eigenvalue weighted by atomic mass is 16.3. The Bertz CT molecular complexity index is 595. The van der Waals surface area contributed by atoms with Gasteiger partial charge in [-0.05, 0) is 49.4 Å². The lowest BCUT2D eigenvalue weighted by Crippen LogP contribution is -2.38. The quantitative estimate of drug-likeness (QED) is 0.849. The molecule has 1 aliphatic heterocycles. The SMILES string of the molecule is C1=C(c2cc3ncccc3o2)C2CNCCC2CC1. The van der Waals surface area contributed by atoms with Crippen molar-refractivity contribution in [3.05, 3.63) is 36.2 Å². The van der Waals surface area contributed by atoms with Crippen molar-refractivity contribution in [1.82, 2.24) is 10.3 Å². The van der Waals surface area contributed by atoms with Crippen LogP contribution in [0, 0.1) is 11.8 Å². The topological polar surface area (TPSA) is 38.1 Å². The van der Waals surface area contributed by atoms with Gasteiger partial charge in [-0.25, -0.2) is 0 Å².